The van der Waals surface area contributed by atoms with Gasteiger partial charge in [0.1, 0.15) is 17.1 Å². The van der Waals surface area contributed by atoms with Crippen molar-refractivity contribution < 1.29 is 14.2 Å². The minimum absolute atomic E-state index is 0.0495. The van der Waals surface area contributed by atoms with E-state index in [4.69, 9.17) is 21.1 Å². The Balaban J connectivity index is 1.07. The summed E-state index contributed by atoms with van der Waals surface area (Å²) >= 11 is 0. The fraction of sp³-hybridized carbons (Fsp3) is 0.487. The highest BCUT2D eigenvalue weighted by Gasteiger charge is 2.49. The SMILES string of the molecule is C#Cc1cccc2cc(O)cc(-c3ccc4c(N5CC6CCC(C5)N6)nc(OCC5(CN6CCC7(CCN(C)C7)C6)CC5)nc4c3F)c12. The molecule has 248 valence electrons. The van der Waals surface area contributed by atoms with Crippen molar-refractivity contribution in [2.75, 3.05) is 64.4 Å². The number of aromatic hydroxyl groups is 1. The zero-order valence-electron chi connectivity index (χ0n) is 27.6. The third-order valence-electron chi connectivity index (χ3n) is 11.9. The van der Waals surface area contributed by atoms with Crippen molar-refractivity contribution in [3.63, 3.8) is 0 Å². The number of anilines is 1. The molecule has 9 rings (SSSR count). The highest BCUT2D eigenvalue weighted by Crippen LogP contribution is 2.49. The van der Waals surface area contributed by atoms with Gasteiger partial charge in [-0.15, -0.1) is 6.42 Å². The van der Waals surface area contributed by atoms with Gasteiger partial charge in [0.15, 0.2) is 5.82 Å². The van der Waals surface area contributed by atoms with Gasteiger partial charge in [-0.3, -0.25) is 0 Å². The number of phenols is 1. The van der Waals surface area contributed by atoms with Crippen molar-refractivity contribution in [3.8, 4) is 35.2 Å². The van der Waals surface area contributed by atoms with Crippen LogP contribution in [0.25, 0.3) is 32.8 Å². The van der Waals surface area contributed by atoms with E-state index in [-0.39, 0.29) is 22.7 Å². The molecule has 1 spiro atoms. The molecule has 2 N–H and O–H groups in total. The molecule has 0 amide bonds. The topological polar surface area (TPSA) is 77.0 Å². The van der Waals surface area contributed by atoms with Crippen LogP contribution in [-0.4, -0.2) is 96.4 Å². The normalized spacial score (nSPS) is 26.6. The minimum Gasteiger partial charge on any atom is -0.508 e. The maximum absolute atomic E-state index is 17.0. The van der Waals surface area contributed by atoms with Crippen LogP contribution < -0.4 is 15.0 Å². The number of terminal acetylenes is 1. The van der Waals surface area contributed by atoms with E-state index in [1.54, 1.807) is 18.2 Å². The number of nitrogens with zero attached hydrogens (tertiary/aromatic N) is 5. The number of aromatic nitrogens is 2. The van der Waals surface area contributed by atoms with Crippen LogP contribution in [0.1, 0.15) is 44.1 Å². The minimum atomic E-state index is -0.470. The molecular formula is C39H43FN6O2. The fourth-order valence-corrected chi connectivity index (χ4v) is 9.23. The number of hydrogen-bond donors (Lipinski definition) is 2. The number of rotatable bonds is 7. The van der Waals surface area contributed by atoms with E-state index in [9.17, 15) is 5.11 Å². The lowest BCUT2D eigenvalue weighted by Crippen LogP contribution is -2.51. The molecule has 3 unspecified atom stereocenters. The van der Waals surface area contributed by atoms with Gasteiger partial charge in [0.2, 0.25) is 0 Å². The summed E-state index contributed by atoms with van der Waals surface area (Å²) in [5.74, 6) is 3.04. The molecule has 8 nitrogen and oxygen atoms in total. The van der Waals surface area contributed by atoms with Gasteiger partial charge in [-0.05, 0) is 99.3 Å². The lowest BCUT2D eigenvalue weighted by molar-refractivity contribution is 0.159. The van der Waals surface area contributed by atoms with Gasteiger partial charge in [-0.2, -0.15) is 9.97 Å². The lowest BCUT2D eigenvalue weighted by atomic mass is 9.86. The Hall–Kier alpha value is -3.97. The Bertz CT molecular complexity index is 1960. The van der Waals surface area contributed by atoms with Crippen molar-refractivity contribution >= 4 is 27.5 Å². The van der Waals surface area contributed by atoms with Crippen LogP contribution in [0.4, 0.5) is 10.2 Å². The van der Waals surface area contributed by atoms with Crippen LogP contribution >= 0.6 is 0 Å². The predicted molar refractivity (Wildman–Crippen MR) is 187 cm³/mol. The van der Waals surface area contributed by atoms with Gasteiger partial charge < -0.3 is 29.9 Å². The average Bonchev–Trinajstić information content (AvgIpc) is 3.39. The zero-order chi connectivity index (χ0) is 32.6. The molecule has 1 saturated carbocycles. The van der Waals surface area contributed by atoms with E-state index in [2.05, 4.69) is 33.0 Å². The first-order chi connectivity index (χ1) is 23.3. The molecule has 0 radical (unpaired) electrons. The molecule has 2 bridgehead atoms. The third kappa shape index (κ3) is 5.26. The summed E-state index contributed by atoms with van der Waals surface area (Å²) < 4.78 is 23.4. The molecule has 3 aromatic carbocycles. The highest BCUT2D eigenvalue weighted by molar-refractivity contribution is 6.04. The van der Waals surface area contributed by atoms with Crippen LogP contribution in [0, 0.1) is 29.0 Å². The quantitative estimate of drug-likeness (QED) is 0.259. The Morgan fingerprint density at radius 3 is 2.58 bits per heavy atom. The van der Waals surface area contributed by atoms with Gasteiger partial charge >= 0.3 is 6.01 Å². The van der Waals surface area contributed by atoms with Gasteiger partial charge in [-0.1, -0.05) is 24.1 Å². The molecule has 1 aliphatic carbocycles. The molecule has 4 saturated heterocycles. The second-order valence-corrected chi connectivity index (χ2v) is 15.5. The van der Waals surface area contributed by atoms with Gasteiger partial charge in [0.25, 0.3) is 0 Å². The van der Waals surface area contributed by atoms with Crippen molar-refractivity contribution in [1.82, 2.24) is 25.1 Å². The van der Waals surface area contributed by atoms with Crippen LogP contribution in [0.15, 0.2) is 42.5 Å². The molecule has 9 heteroatoms. The number of nitrogens with one attached hydrogen (secondary N) is 1. The number of fused-ring (bicyclic) bond motifs is 4. The zero-order valence-corrected chi connectivity index (χ0v) is 27.6. The van der Waals surface area contributed by atoms with Crippen molar-refractivity contribution in [3.05, 3.63) is 53.8 Å². The summed E-state index contributed by atoms with van der Waals surface area (Å²) in [5, 5.41) is 16.5. The number of phenolic OH excluding ortho intramolecular Hbond substituents is 1. The molecule has 1 aromatic heterocycles. The van der Waals surface area contributed by atoms with Gasteiger partial charge in [-0.25, -0.2) is 4.39 Å². The first-order valence-electron chi connectivity index (χ1n) is 17.6. The monoisotopic (exact) mass is 646 g/mol. The van der Waals surface area contributed by atoms with Crippen LogP contribution in [0.3, 0.4) is 0 Å². The van der Waals surface area contributed by atoms with Crippen molar-refractivity contribution in [1.29, 1.82) is 0 Å². The number of halogens is 1. The van der Waals surface area contributed by atoms with E-state index in [1.165, 1.54) is 32.5 Å². The van der Waals surface area contributed by atoms with E-state index >= 15 is 4.39 Å². The van der Waals surface area contributed by atoms with E-state index in [1.807, 2.05) is 24.3 Å². The number of ether oxygens (including phenoxy) is 1. The molecule has 3 atom stereocenters. The lowest BCUT2D eigenvalue weighted by Gasteiger charge is -2.34. The highest BCUT2D eigenvalue weighted by atomic mass is 19.1. The first kappa shape index (κ1) is 30.1. The van der Waals surface area contributed by atoms with Gasteiger partial charge in [0, 0.05) is 72.1 Å². The Morgan fingerprint density at radius 1 is 1.02 bits per heavy atom. The standard InChI is InChI=1S/C39H43FN6O2/c1-3-25-5-4-6-26-17-29(47)18-32(33(25)26)30-9-10-31-35(34(30)40)42-37(43-36(31)46-19-27-7-8-28(20-46)41-27)48-24-39(11-12-39)23-45-16-14-38(22-45)13-15-44(2)21-38/h1,4-6,9-10,17-18,27-28,41,47H,7-8,11-16,19-24H2,2H3. The smallest absolute Gasteiger partial charge is 0.319 e. The molecule has 5 aliphatic rings. The Labute approximate surface area is 281 Å². The fourth-order valence-electron chi connectivity index (χ4n) is 9.23. The Kier molecular flexibility index (Phi) is 7.09. The van der Waals surface area contributed by atoms with Gasteiger partial charge in [0.05, 0.1) is 6.61 Å². The predicted octanol–water partition coefficient (Wildman–Crippen LogP) is 5.40. The van der Waals surface area contributed by atoms with Crippen LogP contribution in [-0.2, 0) is 0 Å². The van der Waals surface area contributed by atoms with Crippen molar-refractivity contribution in [2.45, 2.75) is 50.6 Å². The second-order valence-electron chi connectivity index (χ2n) is 15.5. The van der Waals surface area contributed by atoms with Crippen LogP contribution in [0.5, 0.6) is 11.8 Å². The molecule has 4 aliphatic heterocycles. The average molecular weight is 647 g/mol. The van der Waals surface area contributed by atoms with Crippen LogP contribution in [0.2, 0.25) is 0 Å². The molecular weight excluding hydrogens is 603 g/mol. The van der Waals surface area contributed by atoms with Crippen molar-refractivity contribution in [2.24, 2.45) is 10.8 Å². The molecule has 5 heterocycles. The summed E-state index contributed by atoms with van der Waals surface area (Å²) in [6.45, 7) is 7.89. The number of hydrogen-bond acceptors (Lipinski definition) is 8. The van der Waals surface area contributed by atoms with E-state index in [0.717, 1.165) is 68.5 Å². The molecule has 48 heavy (non-hydrogen) atoms. The number of likely N-dealkylation sites (tertiary alicyclic amines) is 2. The molecule has 5 fully saturated rings. The summed E-state index contributed by atoms with van der Waals surface area (Å²) in [6.07, 6.45) is 13.0. The second kappa shape index (κ2) is 11.3. The molecule has 4 aromatic rings. The maximum atomic E-state index is 17.0. The number of benzene rings is 3. The summed E-state index contributed by atoms with van der Waals surface area (Å²) in [6, 6.07) is 13.5. The summed E-state index contributed by atoms with van der Waals surface area (Å²) in [4.78, 5) is 17.2. The Morgan fingerprint density at radius 2 is 1.83 bits per heavy atom. The summed E-state index contributed by atoms with van der Waals surface area (Å²) in [7, 11) is 2.24. The maximum Gasteiger partial charge on any atom is 0.319 e. The summed E-state index contributed by atoms with van der Waals surface area (Å²) in [5.41, 5.74) is 2.28. The third-order valence-corrected chi connectivity index (χ3v) is 11.9. The van der Waals surface area contributed by atoms with E-state index in [0.29, 0.717) is 46.2 Å². The first-order valence-corrected chi connectivity index (χ1v) is 17.6. The largest absolute Gasteiger partial charge is 0.508 e. The number of piperazine rings is 1. The van der Waals surface area contributed by atoms with E-state index < -0.39 is 5.82 Å².